The molecule has 7 heteroatoms. The van der Waals surface area contributed by atoms with Gasteiger partial charge >= 0.3 is 6.61 Å². The molecule has 2 aromatic rings. The highest BCUT2D eigenvalue weighted by molar-refractivity contribution is 7.98. The van der Waals surface area contributed by atoms with Crippen LogP contribution in [-0.4, -0.2) is 24.0 Å². The van der Waals surface area contributed by atoms with Gasteiger partial charge in [-0.2, -0.15) is 20.5 Å². The van der Waals surface area contributed by atoms with E-state index >= 15 is 0 Å². The fourth-order valence-electron chi connectivity index (χ4n) is 1.90. The number of hydrogen-bond acceptors (Lipinski definition) is 3. The fraction of sp³-hybridized carbons (Fsp3) is 0.235. The highest BCUT2D eigenvalue weighted by Crippen LogP contribution is 2.17. The number of thiocarbonyl (C=S) groups is 1. The van der Waals surface area contributed by atoms with Crippen molar-refractivity contribution in [1.82, 2.24) is 5.32 Å². The Morgan fingerprint density at radius 1 is 1.08 bits per heavy atom. The van der Waals surface area contributed by atoms with Crippen LogP contribution in [-0.2, 0) is 5.75 Å². The molecule has 0 atom stereocenters. The average molecular weight is 368 g/mol. The van der Waals surface area contributed by atoms with Crippen molar-refractivity contribution in [2.75, 3.05) is 17.6 Å². The second-order valence-electron chi connectivity index (χ2n) is 4.82. The van der Waals surface area contributed by atoms with Crippen LogP contribution < -0.4 is 15.4 Å². The van der Waals surface area contributed by atoms with Crippen molar-refractivity contribution < 1.29 is 13.5 Å². The molecule has 24 heavy (non-hydrogen) atoms. The molecule has 0 aliphatic rings. The lowest BCUT2D eigenvalue weighted by atomic mass is 10.2. The summed E-state index contributed by atoms with van der Waals surface area (Å²) in [5.74, 6) is 2.01. The summed E-state index contributed by atoms with van der Waals surface area (Å²) in [6, 6.07) is 16.5. The van der Waals surface area contributed by atoms with Gasteiger partial charge in [-0.25, -0.2) is 0 Å². The van der Waals surface area contributed by atoms with Gasteiger partial charge < -0.3 is 15.4 Å². The van der Waals surface area contributed by atoms with E-state index in [0.717, 1.165) is 18.1 Å². The quantitative estimate of drug-likeness (QED) is 0.529. The minimum atomic E-state index is -2.82. The summed E-state index contributed by atoms with van der Waals surface area (Å²) >= 11 is 7.02. The van der Waals surface area contributed by atoms with Gasteiger partial charge in [-0.3, -0.25) is 0 Å². The van der Waals surface area contributed by atoms with Crippen LogP contribution in [0, 0.1) is 0 Å². The van der Waals surface area contributed by atoms with Gasteiger partial charge in [0.15, 0.2) is 5.11 Å². The Morgan fingerprint density at radius 3 is 2.46 bits per heavy atom. The molecule has 0 aliphatic carbocycles. The van der Waals surface area contributed by atoms with E-state index in [9.17, 15) is 8.78 Å². The largest absolute Gasteiger partial charge is 0.435 e. The van der Waals surface area contributed by atoms with E-state index in [1.165, 1.54) is 17.7 Å². The van der Waals surface area contributed by atoms with Gasteiger partial charge in [0.25, 0.3) is 0 Å². The molecule has 0 bridgehead atoms. The predicted octanol–water partition coefficient (Wildman–Crippen LogP) is 4.51. The Kier molecular flexibility index (Phi) is 7.77. The zero-order valence-electron chi connectivity index (χ0n) is 12.9. The van der Waals surface area contributed by atoms with Gasteiger partial charge in [0.1, 0.15) is 5.75 Å². The van der Waals surface area contributed by atoms with Crippen molar-refractivity contribution in [2.45, 2.75) is 12.4 Å². The number of thioether (sulfide) groups is 1. The molecule has 0 unspecified atom stereocenters. The van der Waals surface area contributed by atoms with Crippen molar-refractivity contribution in [3.63, 3.8) is 0 Å². The molecule has 0 spiro atoms. The second-order valence-corrected chi connectivity index (χ2v) is 6.34. The van der Waals surface area contributed by atoms with Crippen molar-refractivity contribution in [2.24, 2.45) is 0 Å². The fourth-order valence-corrected chi connectivity index (χ4v) is 2.93. The van der Waals surface area contributed by atoms with Crippen molar-refractivity contribution in [3.8, 4) is 5.75 Å². The second kappa shape index (κ2) is 10.1. The predicted molar refractivity (Wildman–Crippen MR) is 99.9 cm³/mol. The maximum atomic E-state index is 12.1. The molecule has 2 N–H and O–H groups in total. The van der Waals surface area contributed by atoms with Gasteiger partial charge in [0.05, 0.1) is 0 Å². The van der Waals surface area contributed by atoms with Gasteiger partial charge in [-0.15, -0.1) is 0 Å². The average Bonchev–Trinajstić information content (AvgIpc) is 2.57. The molecule has 128 valence electrons. The third-order valence-electron chi connectivity index (χ3n) is 2.98. The molecule has 0 saturated heterocycles. The SMILES string of the molecule is FC(F)Oc1ccc(NC(=S)NCCSCc2ccccc2)cc1. The summed E-state index contributed by atoms with van der Waals surface area (Å²) in [6.45, 7) is -2.07. The first-order valence-electron chi connectivity index (χ1n) is 7.35. The van der Waals surface area contributed by atoms with Crippen molar-refractivity contribution >= 4 is 34.8 Å². The van der Waals surface area contributed by atoms with Gasteiger partial charge in [-0.05, 0) is 42.0 Å². The molecular formula is C17H18F2N2OS2. The van der Waals surface area contributed by atoms with E-state index in [-0.39, 0.29) is 5.75 Å². The molecule has 0 heterocycles. The standard InChI is InChI=1S/C17H18F2N2OS2/c18-16(19)22-15-8-6-14(7-9-15)21-17(23)20-10-11-24-12-13-4-2-1-3-5-13/h1-9,16H,10-12H2,(H2,20,21,23). The molecule has 0 amide bonds. The Labute approximate surface area is 149 Å². The lowest BCUT2D eigenvalue weighted by molar-refractivity contribution is -0.0498. The Balaban J connectivity index is 1.62. The third kappa shape index (κ3) is 7.14. The zero-order chi connectivity index (χ0) is 17.2. The molecule has 0 aliphatic heterocycles. The van der Waals surface area contributed by atoms with Crippen LogP contribution in [0.5, 0.6) is 5.75 Å². The van der Waals surface area contributed by atoms with Crippen molar-refractivity contribution in [1.29, 1.82) is 0 Å². The normalized spacial score (nSPS) is 10.5. The summed E-state index contributed by atoms with van der Waals surface area (Å²) < 4.78 is 28.4. The zero-order valence-corrected chi connectivity index (χ0v) is 14.5. The summed E-state index contributed by atoms with van der Waals surface area (Å²) in [5.41, 5.74) is 2.01. The number of benzene rings is 2. The number of alkyl halides is 2. The molecule has 2 rings (SSSR count). The van der Waals surface area contributed by atoms with Gasteiger partial charge in [0.2, 0.25) is 0 Å². The number of anilines is 1. The summed E-state index contributed by atoms with van der Waals surface area (Å²) in [5, 5.41) is 6.61. The van der Waals surface area contributed by atoms with Crippen LogP contribution in [0.2, 0.25) is 0 Å². The van der Waals surface area contributed by atoms with Crippen LogP contribution in [0.1, 0.15) is 5.56 Å². The van der Waals surface area contributed by atoms with Crippen LogP contribution in [0.25, 0.3) is 0 Å². The summed E-state index contributed by atoms with van der Waals surface area (Å²) in [4.78, 5) is 0. The molecule has 3 nitrogen and oxygen atoms in total. The maximum Gasteiger partial charge on any atom is 0.387 e. The van der Waals surface area contributed by atoms with Crippen LogP contribution in [0.3, 0.4) is 0 Å². The number of hydrogen-bond donors (Lipinski definition) is 2. The summed E-state index contributed by atoms with van der Waals surface area (Å²) in [7, 11) is 0. The molecule has 2 aromatic carbocycles. The molecule has 0 radical (unpaired) electrons. The van der Waals surface area contributed by atoms with Crippen LogP contribution in [0.15, 0.2) is 54.6 Å². The van der Waals surface area contributed by atoms with Crippen molar-refractivity contribution in [3.05, 3.63) is 60.2 Å². The molecule has 0 saturated carbocycles. The maximum absolute atomic E-state index is 12.1. The van der Waals surface area contributed by atoms with Gasteiger partial charge in [-0.1, -0.05) is 30.3 Å². The topological polar surface area (TPSA) is 33.3 Å². The Hall–Kier alpha value is -1.86. The minimum Gasteiger partial charge on any atom is -0.435 e. The lowest BCUT2D eigenvalue weighted by Gasteiger charge is -2.11. The smallest absolute Gasteiger partial charge is 0.387 e. The Morgan fingerprint density at radius 2 is 1.79 bits per heavy atom. The first-order valence-corrected chi connectivity index (χ1v) is 8.91. The monoisotopic (exact) mass is 368 g/mol. The molecular weight excluding hydrogens is 350 g/mol. The third-order valence-corrected chi connectivity index (χ3v) is 4.26. The van der Waals surface area contributed by atoms with E-state index in [0.29, 0.717) is 10.8 Å². The number of halogens is 2. The lowest BCUT2D eigenvalue weighted by Crippen LogP contribution is -2.30. The van der Waals surface area contributed by atoms with Crippen LogP contribution in [0.4, 0.5) is 14.5 Å². The van der Waals surface area contributed by atoms with Gasteiger partial charge in [0, 0.05) is 23.7 Å². The minimum absolute atomic E-state index is 0.117. The first-order chi connectivity index (χ1) is 11.6. The molecule has 0 fully saturated rings. The van der Waals surface area contributed by atoms with Crippen LogP contribution >= 0.6 is 24.0 Å². The highest BCUT2D eigenvalue weighted by Gasteiger charge is 2.04. The van der Waals surface area contributed by atoms with E-state index in [4.69, 9.17) is 12.2 Å². The number of nitrogens with one attached hydrogen (secondary N) is 2. The van der Waals surface area contributed by atoms with E-state index in [2.05, 4.69) is 27.5 Å². The van der Waals surface area contributed by atoms with E-state index in [1.807, 2.05) is 30.0 Å². The van der Waals surface area contributed by atoms with E-state index < -0.39 is 6.61 Å². The Bertz CT molecular complexity index is 624. The number of rotatable bonds is 8. The molecule has 0 aromatic heterocycles. The summed E-state index contributed by atoms with van der Waals surface area (Å²) in [6.07, 6.45) is 0. The number of ether oxygens (including phenoxy) is 1. The first kappa shape index (κ1) is 18.5. The highest BCUT2D eigenvalue weighted by atomic mass is 32.2. The van der Waals surface area contributed by atoms with E-state index in [1.54, 1.807) is 12.1 Å².